The fourth-order valence-electron chi connectivity index (χ4n) is 2.57. The molecule has 0 saturated carbocycles. The number of hydrogen-bond acceptors (Lipinski definition) is 2. The first-order chi connectivity index (χ1) is 9.75. The van der Waals surface area contributed by atoms with Gasteiger partial charge in [-0.15, -0.1) is 0 Å². The Balaban J connectivity index is 1.76. The van der Waals surface area contributed by atoms with Crippen LogP contribution in [0.25, 0.3) is 11.0 Å². The number of nitrogens with zero attached hydrogens (tertiary/aromatic N) is 2. The van der Waals surface area contributed by atoms with E-state index in [0.717, 1.165) is 24.2 Å². The highest BCUT2D eigenvalue weighted by Crippen LogP contribution is 2.19. The Labute approximate surface area is 119 Å². The lowest BCUT2D eigenvalue weighted by Crippen LogP contribution is -2.12. The molecule has 3 rings (SSSR count). The standard InChI is InChI=1S/C17H19N3/c1-20-16-10-6-5-9-15(16)19-17(20)12-11-14(18)13-7-3-2-4-8-13/h2-10,14H,11-12,18H2,1H3. The van der Waals surface area contributed by atoms with Crippen LogP contribution in [-0.4, -0.2) is 9.55 Å². The molecule has 0 amide bonds. The van der Waals surface area contributed by atoms with Crippen LogP contribution in [0, 0.1) is 0 Å². The Morgan fingerprint density at radius 2 is 1.75 bits per heavy atom. The van der Waals surface area contributed by atoms with Gasteiger partial charge in [0.1, 0.15) is 5.82 Å². The topological polar surface area (TPSA) is 43.8 Å². The molecule has 0 saturated heterocycles. The molecule has 0 radical (unpaired) electrons. The molecule has 0 fully saturated rings. The van der Waals surface area contributed by atoms with Gasteiger partial charge < -0.3 is 10.3 Å². The molecule has 1 unspecified atom stereocenters. The van der Waals surface area contributed by atoms with Gasteiger partial charge in [-0.2, -0.15) is 0 Å². The fraction of sp³-hybridized carbons (Fsp3) is 0.235. The minimum absolute atomic E-state index is 0.0658. The largest absolute Gasteiger partial charge is 0.331 e. The molecular weight excluding hydrogens is 246 g/mol. The van der Waals surface area contributed by atoms with E-state index in [0.29, 0.717) is 0 Å². The van der Waals surface area contributed by atoms with Crippen molar-refractivity contribution in [3.05, 3.63) is 66.0 Å². The highest BCUT2D eigenvalue weighted by atomic mass is 15.1. The Morgan fingerprint density at radius 1 is 1.05 bits per heavy atom. The first kappa shape index (κ1) is 12.9. The van der Waals surface area contributed by atoms with Crippen LogP contribution in [-0.2, 0) is 13.5 Å². The molecule has 0 aliphatic carbocycles. The molecule has 3 aromatic rings. The van der Waals surface area contributed by atoms with Crippen molar-refractivity contribution < 1.29 is 0 Å². The van der Waals surface area contributed by atoms with Crippen molar-refractivity contribution in [1.82, 2.24) is 9.55 Å². The predicted octanol–water partition coefficient (Wildman–Crippen LogP) is 3.21. The van der Waals surface area contributed by atoms with Gasteiger partial charge in [0, 0.05) is 19.5 Å². The van der Waals surface area contributed by atoms with E-state index in [-0.39, 0.29) is 6.04 Å². The lowest BCUT2D eigenvalue weighted by Gasteiger charge is -2.11. The number of aryl methyl sites for hydroxylation is 2. The van der Waals surface area contributed by atoms with E-state index < -0.39 is 0 Å². The number of rotatable bonds is 4. The quantitative estimate of drug-likeness (QED) is 0.787. The second-order valence-electron chi connectivity index (χ2n) is 5.13. The van der Waals surface area contributed by atoms with Crippen molar-refractivity contribution in [2.24, 2.45) is 12.8 Å². The average molecular weight is 265 g/mol. The number of nitrogens with two attached hydrogens (primary N) is 1. The lowest BCUT2D eigenvalue weighted by atomic mass is 10.0. The number of para-hydroxylation sites is 2. The van der Waals surface area contributed by atoms with Crippen LogP contribution in [0.15, 0.2) is 54.6 Å². The van der Waals surface area contributed by atoms with Crippen LogP contribution in [0.3, 0.4) is 0 Å². The van der Waals surface area contributed by atoms with Crippen molar-refractivity contribution in [3.8, 4) is 0 Å². The zero-order valence-electron chi connectivity index (χ0n) is 11.7. The Morgan fingerprint density at radius 3 is 2.50 bits per heavy atom. The minimum Gasteiger partial charge on any atom is -0.331 e. The molecule has 1 heterocycles. The molecule has 0 spiro atoms. The van der Waals surface area contributed by atoms with E-state index in [9.17, 15) is 0 Å². The monoisotopic (exact) mass is 265 g/mol. The SMILES string of the molecule is Cn1c(CCC(N)c2ccccc2)nc2ccccc21. The van der Waals surface area contributed by atoms with Crippen LogP contribution < -0.4 is 5.73 Å². The van der Waals surface area contributed by atoms with Crippen LogP contribution >= 0.6 is 0 Å². The highest BCUT2D eigenvalue weighted by molar-refractivity contribution is 5.75. The molecule has 3 heteroatoms. The summed E-state index contributed by atoms with van der Waals surface area (Å²) in [7, 11) is 2.07. The van der Waals surface area contributed by atoms with Crippen molar-refractivity contribution in [2.45, 2.75) is 18.9 Å². The molecular formula is C17H19N3. The summed E-state index contributed by atoms with van der Waals surface area (Å²) in [6, 6.07) is 18.5. The van der Waals surface area contributed by atoms with E-state index in [1.165, 1.54) is 11.1 Å². The first-order valence-electron chi connectivity index (χ1n) is 6.96. The Bertz CT molecular complexity index is 701. The summed E-state index contributed by atoms with van der Waals surface area (Å²) in [6.45, 7) is 0. The van der Waals surface area contributed by atoms with Gasteiger partial charge in [0.25, 0.3) is 0 Å². The average Bonchev–Trinajstić information content (AvgIpc) is 2.83. The molecule has 3 nitrogen and oxygen atoms in total. The third-order valence-electron chi connectivity index (χ3n) is 3.79. The third kappa shape index (κ3) is 2.45. The molecule has 0 bridgehead atoms. The molecule has 1 atom stereocenters. The Kier molecular flexibility index (Phi) is 3.52. The lowest BCUT2D eigenvalue weighted by molar-refractivity contribution is 0.623. The van der Waals surface area contributed by atoms with Gasteiger partial charge in [0.05, 0.1) is 11.0 Å². The van der Waals surface area contributed by atoms with E-state index in [1.807, 2.05) is 30.3 Å². The van der Waals surface area contributed by atoms with Gasteiger partial charge >= 0.3 is 0 Å². The van der Waals surface area contributed by atoms with Gasteiger partial charge in [-0.1, -0.05) is 42.5 Å². The number of fused-ring (bicyclic) bond motifs is 1. The zero-order chi connectivity index (χ0) is 13.9. The second-order valence-corrected chi connectivity index (χ2v) is 5.13. The van der Waals surface area contributed by atoms with Crippen molar-refractivity contribution >= 4 is 11.0 Å². The van der Waals surface area contributed by atoms with Crippen LogP contribution in [0.4, 0.5) is 0 Å². The van der Waals surface area contributed by atoms with Crippen LogP contribution in [0.5, 0.6) is 0 Å². The van der Waals surface area contributed by atoms with Crippen LogP contribution in [0.1, 0.15) is 23.9 Å². The van der Waals surface area contributed by atoms with E-state index >= 15 is 0 Å². The first-order valence-corrected chi connectivity index (χ1v) is 6.96. The van der Waals surface area contributed by atoms with E-state index in [4.69, 9.17) is 5.73 Å². The summed E-state index contributed by atoms with van der Waals surface area (Å²) < 4.78 is 2.16. The van der Waals surface area contributed by atoms with Crippen LogP contribution in [0.2, 0.25) is 0 Å². The van der Waals surface area contributed by atoms with Crippen molar-refractivity contribution in [2.75, 3.05) is 0 Å². The molecule has 2 N–H and O–H groups in total. The van der Waals surface area contributed by atoms with Gasteiger partial charge in [-0.05, 0) is 24.1 Å². The summed E-state index contributed by atoms with van der Waals surface area (Å²) in [5, 5.41) is 0. The maximum atomic E-state index is 6.25. The van der Waals surface area contributed by atoms with Gasteiger partial charge in [0.2, 0.25) is 0 Å². The predicted molar refractivity (Wildman–Crippen MR) is 82.4 cm³/mol. The Hall–Kier alpha value is -2.13. The number of aromatic nitrogens is 2. The summed E-state index contributed by atoms with van der Waals surface area (Å²) in [5.74, 6) is 1.09. The maximum absolute atomic E-state index is 6.25. The van der Waals surface area contributed by atoms with Crippen molar-refractivity contribution in [3.63, 3.8) is 0 Å². The van der Waals surface area contributed by atoms with E-state index in [1.54, 1.807) is 0 Å². The van der Waals surface area contributed by atoms with Gasteiger partial charge in [0.15, 0.2) is 0 Å². The summed E-state index contributed by atoms with van der Waals surface area (Å²) in [6.07, 6.45) is 1.79. The summed E-state index contributed by atoms with van der Waals surface area (Å²) in [5.41, 5.74) is 9.67. The fourth-order valence-corrected chi connectivity index (χ4v) is 2.57. The smallest absolute Gasteiger partial charge is 0.109 e. The number of hydrogen-bond donors (Lipinski definition) is 1. The molecule has 102 valence electrons. The molecule has 2 aromatic carbocycles. The second kappa shape index (κ2) is 5.47. The minimum atomic E-state index is 0.0658. The van der Waals surface area contributed by atoms with Crippen molar-refractivity contribution in [1.29, 1.82) is 0 Å². The number of imidazole rings is 1. The van der Waals surface area contributed by atoms with E-state index in [2.05, 4.69) is 40.9 Å². The molecule has 20 heavy (non-hydrogen) atoms. The van der Waals surface area contributed by atoms with Gasteiger partial charge in [-0.3, -0.25) is 0 Å². The zero-order valence-corrected chi connectivity index (χ0v) is 11.7. The molecule has 0 aliphatic heterocycles. The third-order valence-corrected chi connectivity index (χ3v) is 3.79. The normalized spacial score (nSPS) is 12.7. The molecule has 0 aliphatic rings. The molecule has 1 aromatic heterocycles. The van der Waals surface area contributed by atoms with Gasteiger partial charge in [-0.25, -0.2) is 4.98 Å². The summed E-state index contributed by atoms with van der Waals surface area (Å²) >= 11 is 0. The summed E-state index contributed by atoms with van der Waals surface area (Å²) in [4.78, 5) is 4.69. The maximum Gasteiger partial charge on any atom is 0.109 e. The highest BCUT2D eigenvalue weighted by Gasteiger charge is 2.10. The number of benzene rings is 2.